The van der Waals surface area contributed by atoms with Crippen LogP contribution in [0.4, 0.5) is 10.7 Å². The fourth-order valence-electron chi connectivity index (χ4n) is 5.72. The molecule has 36 heavy (non-hydrogen) atoms. The molecule has 4 aromatic rings. The number of rotatable bonds is 4. The minimum absolute atomic E-state index is 0.0247. The molecule has 1 N–H and O–H groups in total. The third-order valence-electron chi connectivity index (χ3n) is 7.51. The summed E-state index contributed by atoms with van der Waals surface area (Å²) in [4.78, 5) is 35.1. The Morgan fingerprint density at radius 2 is 1.92 bits per heavy atom. The molecule has 2 atom stereocenters. The van der Waals surface area contributed by atoms with E-state index in [0.717, 1.165) is 65.5 Å². The number of para-hydroxylation sites is 1. The third-order valence-corrected chi connectivity index (χ3v) is 7.51. The van der Waals surface area contributed by atoms with E-state index in [9.17, 15) is 4.79 Å². The van der Waals surface area contributed by atoms with E-state index in [0.29, 0.717) is 19.0 Å². The number of ether oxygens (including phenoxy) is 1. The molecule has 0 unspecified atom stereocenters. The van der Waals surface area contributed by atoms with Gasteiger partial charge in [-0.05, 0) is 24.6 Å². The summed E-state index contributed by atoms with van der Waals surface area (Å²) in [5.74, 6) is 2.62. The molecular formula is C26H26N8O2. The normalized spacial score (nSPS) is 21.0. The number of anilines is 1. The topological polar surface area (TPSA) is 101 Å². The number of nitrogens with zero attached hydrogens (tertiary/aromatic N) is 7. The van der Waals surface area contributed by atoms with Crippen LogP contribution in [0.1, 0.15) is 23.9 Å². The van der Waals surface area contributed by atoms with E-state index in [4.69, 9.17) is 14.7 Å². The van der Waals surface area contributed by atoms with E-state index in [-0.39, 0.29) is 18.1 Å². The molecule has 0 aliphatic carbocycles. The van der Waals surface area contributed by atoms with Crippen molar-refractivity contribution in [3.63, 3.8) is 0 Å². The molecule has 1 aromatic carbocycles. The molecule has 0 bridgehead atoms. The van der Waals surface area contributed by atoms with Crippen molar-refractivity contribution in [1.29, 1.82) is 0 Å². The first-order valence-electron chi connectivity index (χ1n) is 12.3. The molecule has 10 nitrogen and oxygen atoms in total. The summed E-state index contributed by atoms with van der Waals surface area (Å²) in [5, 5.41) is 2.91. The Labute approximate surface area is 208 Å². The fraction of sp³-hybridized carbons (Fsp3) is 0.346. The highest BCUT2D eigenvalue weighted by molar-refractivity contribution is 5.78. The van der Waals surface area contributed by atoms with Gasteiger partial charge in [-0.25, -0.2) is 24.7 Å². The number of carbonyl (C=O) groups excluding carboxylic acids is 1. The van der Waals surface area contributed by atoms with Crippen molar-refractivity contribution in [2.24, 2.45) is 0 Å². The fourth-order valence-corrected chi connectivity index (χ4v) is 5.72. The number of carbonyl (C=O) groups is 1. The lowest BCUT2D eigenvalue weighted by Gasteiger charge is -2.36. The van der Waals surface area contributed by atoms with Gasteiger partial charge in [-0.15, -0.1) is 0 Å². The molecule has 3 aromatic heterocycles. The van der Waals surface area contributed by atoms with Gasteiger partial charge in [0.1, 0.15) is 17.1 Å². The first-order valence-corrected chi connectivity index (χ1v) is 12.3. The van der Waals surface area contributed by atoms with E-state index in [1.54, 1.807) is 7.11 Å². The molecule has 2 saturated heterocycles. The summed E-state index contributed by atoms with van der Waals surface area (Å²) in [5.41, 5.74) is 4.59. The highest BCUT2D eigenvalue weighted by Gasteiger charge is 2.36. The van der Waals surface area contributed by atoms with Gasteiger partial charge < -0.3 is 24.4 Å². The van der Waals surface area contributed by atoms with Crippen LogP contribution in [0.3, 0.4) is 0 Å². The van der Waals surface area contributed by atoms with Crippen LogP contribution in [0, 0.1) is 0 Å². The Morgan fingerprint density at radius 1 is 1.06 bits per heavy atom. The third kappa shape index (κ3) is 3.28. The maximum atomic E-state index is 11.9. The second-order valence-corrected chi connectivity index (χ2v) is 9.48. The van der Waals surface area contributed by atoms with Crippen LogP contribution >= 0.6 is 0 Å². The summed E-state index contributed by atoms with van der Waals surface area (Å²) in [6.07, 6.45) is 5.54. The maximum Gasteiger partial charge on any atom is 0.317 e. The van der Waals surface area contributed by atoms with Crippen molar-refractivity contribution in [1.82, 2.24) is 34.7 Å². The Kier molecular flexibility index (Phi) is 4.80. The van der Waals surface area contributed by atoms with Crippen LogP contribution < -0.4 is 15.0 Å². The largest absolute Gasteiger partial charge is 0.496 e. The number of amides is 2. The van der Waals surface area contributed by atoms with Gasteiger partial charge in [0, 0.05) is 56.1 Å². The minimum atomic E-state index is 0.0247. The lowest BCUT2D eigenvalue weighted by Crippen LogP contribution is -2.52. The van der Waals surface area contributed by atoms with Crippen molar-refractivity contribution in [2.75, 3.05) is 38.2 Å². The van der Waals surface area contributed by atoms with Gasteiger partial charge in [0.2, 0.25) is 5.95 Å². The van der Waals surface area contributed by atoms with Gasteiger partial charge in [0.05, 0.1) is 24.9 Å². The quantitative estimate of drug-likeness (QED) is 0.477. The van der Waals surface area contributed by atoms with E-state index in [1.807, 2.05) is 47.6 Å². The Morgan fingerprint density at radius 3 is 2.78 bits per heavy atom. The molecule has 2 amide bonds. The summed E-state index contributed by atoms with van der Waals surface area (Å²) >= 11 is 0. The number of piperazine rings is 1. The number of fused-ring (bicyclic) bond motifs is 4. The average Bonchev–Trinajstić information content (AvgIpc) is 3.62. The second kappa shape index (κ2) is 8.18. The van der Waals surface area contributed by atoms with Crippen molar-refractivity contribution in [3.05, 3.63) is 60.2 Å². The van der Waals surface area contributed by atoms with E-state index in [2.05, 4.69) is 30.8 Å². The standard InChI is InChI=1S/C26H26N8O2/c1-36-22-5-3-2-4-18(22)21-8-9-23-30-20-7-6-19(31-24(20)34(21)23)16-12-27-25(28-13-16)32-10-11-33-17(15-32)14-29-26(33)35/h2-7,12-13,17,21H,8-11,14-15H2,1H3,(H,29,35)/t17-,21+/m0/s1. The first kappa shape index (κ1) is 21.1. The van der Waals surface area contributed by atoms with E-state index >= 15 is 0 Å². The average molecular weight is 483 g/mol. The van der Waals surface area contributed by atoms with Crippen LogP contribution in [0.5, 0.6) is 5.75 Å². The highest BCUT2D eigenvalue weighted by Crippen LogP contribution is 2.39. The number of imidazole rings is 1. The number of nitrogens with one attached hydrogen (secondary N) is 1. The molecule has 2 fully saturated rings. The maximum absolute atomic E-state index is 11.9. The molecular weight excluding hydrogens is 456 g/mol. The van der Waals surface area contributed by atoms with Gasteiger partial charge in [0.15, 0.2) is 5.65 Å². The number of pyridine rings is 1. The second-order valence-electron chi connectivity index (χ2n) is 9.48. The number of aryl methyl sites for hydroxylation is 1. The Bertz CT molecular complexity index is 1470. The monoisotopic (exact) mass is 482 g/mol. The number of aromatic nitrogens is 5. The predicted octanol–water partition coefficient (Wildman–Crippen LogP) is 2.65. The SMILES string of the molecule is COc1ccccc1[C@H]1CCc2nc3ccc(-c4cnc(N5CCN6C(=O)NC[C@H]6C5)nc4)nc3n21. The summed E-state index contributed by atoms with van der Waals surface area (Å²) in [6, 6.07) is 12.5. The zero-order chi connectivity index (χ0) is 24.2. The molecule has 182 valence electrons. The van der Waals surface area contributed by atoms with Crippen molar-refractivity contribution in [3.8, 4) is 17.0 Å². The molecule has 0 saturated carbocycles. The van der Waals surface area contributed by atoms with Crippen molar-refractivity contribution >= 4 is 23.1 Å². The number of urea groups is 1. The van der Waals surface area contributed by atoms with Crippen LogP contribution in [0.2, 0.25) is 0 Å². The number of benzene rings is 1. The van der Waals surface area contributed by atoms with E-state index in [1.165, 1.54) is 0 Å². The first-order chi connectivity index (χ1) is 17.7. The van der Waals surface area contributed by atoms with Gasteiger partial charge in [-0.2, -0.15) is 0 Å². The number of hydrogen-bond acceptors (Lipinski definition) is 7. The lowest BCUT2D eigenvalue weighted by atomic mass is 10.0. The van der Waals surface area contributed by atoms with Gasteiger partial charge >= 0.3 is 6.03 Å². The smallest absolute Gasteiger partial charge is 0.317 e. The summed E-state index contributed by atoms with van der Waals surface area (Å²) < 4.78 is 7.90. The summed E-state index contributed by atoms with van der Waals surface area (Å²) in [7, 11) is 1.71. The Hall–Kier alpha value is -4.21. The van der Waals surface area contributed by atoms with Gasteiger partial charge in [0.25, 0.3) is 0 Å². The van der Waals surface area contributed by atoms with Crippen molar-refractivity contribution < 1.29 is 9.53 Å². The molecule has 7 rings (SSSR count). The van der Waals surface area contributed by atoms with Crippen LogP contribution in [-0.4, -0.2) is 74.8 Å². The molecule has 0 spiro atoms. The number of hydrogen-bond donors (Lipinski definition) is 1. The molecule has 0 radical (unpaired) electrons. The van der Waals surface area contributed by atoms with Crippen LogP contribution in [-0.2, 0) is 6.42 Å². The lowest BCUT2D eigenvalue weighted by molar-refractivity contribution is 0.197. The number of methoxy groups -OCH3 is 1. The van der Waals surface area contributed by atoms with Gasteiger partial charge in [-0.3, -0.25) is 0 Å². The zero-order valence-corrected chi connectivity index (χ0v) is 20.0. The van der Waals surface area contributed by atoms with Crippen LogP contribution in [0.25, 0.3) is 22.4 Å². The molecule has 3 aliphatic rings. The molecule has 6 heterocycles. The summed E-state index contributed by atoms with van der Waals surface area (Å²) in [6.45, 7) is 2.80. The van der Waals surface area contributed by atoms with Crippen LogP contribution in [0.15, 0.2) is 48.8 Å². The predicted molar refractivity (Wildman–Crippen MR) is 134 cm³/mol. The Balaban J connectivity index is 1.19. The van der Waals surface area contributed by atoms with Gasteiger partial charge in [-0.1, -0.05) is 18.2 Å². The minimum Gasteiger partial charge on any atom is -0.496 e. The van der Waals surface area contributed by atoms with Crippen molar-refractivity contribution in [2.45, 2.75) is 24.9 Å². The zero-order valence-electron chi connectivity index (χ0n) is 20.0. The molecule has 3 aliphatic heterocycles. The van der Waals surface area contributed by atoms with E-state index < -0.39 is 0 Å². The molecule has 10 heteroatoms. The highest BCUT2D eigenvalue weighted by atomic mass is 16.5.